The minimum atomic E-state index is -3.52. The van der Waals surface area contributed by atoms with Gasteiger partial charge in [0.1, 0.15) is 15.8 Å². The molecule has 0 spiro atoms. The summed E-state index contributed by atoms with van der Waals surface area (Å²) in [4.78, 5) is 12.2. The lowest BCUT2D eigenvalue weighted by atomic mass is 10.0. The van der Waals surface area contributed by atoms with Gasteiger partial charge in [0, 0.05) is 18.8 Å². The Balaban J connectivity index is 1.41. The number of ether oxygens (including phenoxy) is 1. The number of carbonyl (C=O) groups is 1. The average Bonchev–Trinajstić information content (AvgIpc) is 3.29. The molecular weight excluding hydrogens is 427 g/mol. The molecule has 1 amide bonds. The van der Waals surface area contributed by atoms with E-state index in [4.69, 9.17) is 4.74 Å². The Morgan fingerprint density at radius 2 is 1.93 bits per heavy atom. The van der Waals surface area contributed by atoms with Gasteiger partial charge in [0.25, 0.3) is 15.9 Å². The fourth-order valence-electron chi connectivity index (χ4n) is 3.23. The van der Waals surface area contributed by atoms with Crippen molar-refractivity contribution in [3.63, 3.8) is 0 Å². The van der Waals surface area contributed by atoms with Crippen LogP contribution in [-0.4, -0.2) is 31.8 Å². The SMILES string of the molecule is O=C(COc1ccc(F)cc1)Nc1ccc2c(c1)CN(S(=O)(=O)c1cccs1)CC2. The standard InChI is InChI=1S/C21H19FN2O4S2/c22-17-4-7-19(8-5-17)28-14-20(25)23-18-6-3-15-9-10-24(13-16(15)12-18)30(26,27)21-2-1-11-29-21/h1-8,11-12H,9-10,13-14H2,(H,23,25). The lowest BCUT2D eigenvalue weighted by molar-refractivity contribution is -0.118. The average molecular weight is 447 g/mol. The Bertz CT molecular complexity index is 1150. The molecule has 4 rings (SSSR count). The first kappa shape index (κ1) is 20.5. The fraction of sp³-hybridized carbons (Fsp3) is 0.190. The summed E-state index contributed by atoms with van der Waals surface area (Å²) in [5, 5.41) is 4.49. The number of fused-ring (bicyclic) bond motifs is 1. The van der Waals surface area contributed by atoms with Crippen molar-refractivity contribution in [2.24, 2.45) is 0 Å². The van der Waals surface area contributed by atoms with Crippen LogP contribution < -0.4 is 10.1 Å². The van der Waals surface area contributed by atoms with Crippen LogP contribution in [0.5, 0.6) is 5.75 Å². The van der Waals surface area contributed by atoms with Crippen LogP contribution in [-0.2, 0) is 27.8 Å². The lowest BCUT2D eigenvalue weighted by Crippen LogP contribution is -2.35. The Hall–Kier alpha value is -2.75. The third kappa shape index (κ3) is 4.53. The van der Waals surface area contributed by atoms with Gasteiger partial charge in [-0.25, -0.2) is 12.8 Å². The first-order valence-electron chi connectivity index (χ1n) is 9.25. The molecule has 1 aromatic heterocycles. The summed E-state index contributed by atoms with van der Waals surface area (Å²) in [5.74, 6) is -0.347. The van der Waals surface area contributed by atoms with Crippen LogP contribution in [0.15, 0.2) is 64.2 Å². The van der Waals surface area contributed by atoms with Crippen molar-refractivity contribution in [2.75, 3.05) is 18.5 Å². The highest BCUT2D eigenvalue weighted by molar-refractivity contribution is 7.91. The van der Waals surface area contributed by atoms with E-state index < -0.39 is 10.0 Å². The zero-order valence-corrected chi connectivity index (χ0v) is 17.5. The molecule has 0 bridgehead atoms. The van der Waals surface area contributed by atoms with E-state index in [1.165, 1.54) is 39.9 Å². The van der Waals surface area contributed by atoms with Gasteiger partial charge in [-0.2, -0.15) is 4.31 Å². The predicted octanol–water partition coefficient (Wildman–Crippen LogP) is 3.65. The molecule has 0 radical (unpaired) electrons. The number of hydrogen-bond acceptors (Lipinski definition) is 5. The van der Waals surface area contributed by atoms with Gasteiger partial charge >= 0.3 is 0 Å². The molecule has 0 unspecified atom stereocenters. The van der Waals surface area contributed by atoms with Gasteiger partial charge in [-0.05, 0) is 65.4 Å². The normalized spacial score (nSPS) is 14.2. The third-order valence-corrected chi connectivity index (χ3v) is 7.96. The molecule has 2 heterocycles. The van der Waals surface area contributed by atoms with Gasteiger partial charge in [-0.1, -0.05) is 12.1 Å². The molecule has 0 saturated heterocycles. The molecule has 0 aliphatic carbocycles. The van der Waals surface area contributed by atoms with Crippen molar-refractivity contribution in [2.45, 2.75) is 17.2 Å². The Morgan fingerprint density at radius 1 is 1.13 bits per heavy atom. The summed E-state index contributed by atoms with van der Waals surface area (Å²) in [6.45, 7) is 0.456. The minimum absolute atomic E-state index is 0.221. The zero-order chi connectivity index (χ0) is 21.1. The molecule has 0 fully saturated rings. The second-order valence-electron chi connectivity index (χ2n) is 6.79. The number of thiophene rings is 1. The van der Waals surface area contributed by atoms with Crippen LogP contribution >= 0.6 is 11.3 Å². The summed E-state index contributed by atoms with van der Waals surface area (Å²) in [6.07, 6.45) is 0.613. The molecule has 30 heavy (non-hydrogen) atoms. The Morgan fingerprint density at radius 3 is 2.67 bits per heavy atom. The maximum atomic E-state index is 12.9. The Kier molecular flexibility index (Phi) is 5.85. The molecular formula is C21H19FN2O4S2. The van der Waals surface area contributed by atoms with Crippen molar-refractivity contribution in [1.29, 1.82) is 0 Å². The molecule has 9 heteroatoms. The summed E-state index contributed by atoms with van der Waals surface area (Å²) < 4.78 is 45.6. The third-order valence-electron chi connectivity index (χ3n) is 4.74. The van der Waals surface area contributed by atoms with E-state index in [0.29, 0.717) is 28.6 Å². The number of nitrogens with zero attached hydrogens (tertiary/aromatic N) is 1. The summed E-state index contributed by atoms with van der Waals surface area (Å²) in [7, 11) is -3.52. The molecule has 156 valence electrons. The van der Waals surface area contributed by atoms with Crippen LogP contribution in [0, 0.1) is 5.82 Å². The van der Waals surface area contributed by atoms with Crippen molar-refractivity contribution >= 4 is 33.0 Å². The molecule has 2 aromatic carbocycles. The number of sulfonamides is 1. The van der Waals surface area contributed by atoms with Crippen LogP contribution in [0.1, 0.15) is 11.1 Å². The second kappa shape index (κ2) is 8.55. The maximum Gasteiger partial charge on any atom is 0.262 e. The predicted molar refractivity (Wildman–Crippen MR) is 113 cm³/mol. The molecule has 0 saturated carbocycles. The van der Waals surface area contributed by atoms with E-state index in [1.807, 2.05) is 6.07 Å². The highest BCUT2D eigenvalue weighted by Gasteiger charge is 2.29. The first-order valence-corrected chi connectivity index (χ1v) is 11.6. The van der Waals surface area contributed by atoms with Crippen LogP contribution in [0.4, 0.5) is 10.1 Å². The van der Waals surface area contributed by atoms with Crippen LogP contribution in [0.3, 0.4) is 0 Å². The molecule has 1 aliphatic heterocycles. The van der Waals surface area contributed by atoms with Crippen LogP contribution in [0.2, 0.25) is 0 Å². The zero-order valence-electron chi connectivity index (χ0n) is 15.9. The molecule has 0 atom stereocenters. The van der Waals surface area contributed by atoms with E-state index in [1.54, 1.807) is 29.6 Å². The van der Waals surface area contributed by atoms with E-state index in [9.17, 15) is 17.6 Å². The number of nitrogens with one attached hydrogen (secondary N) is 1. The molecule has 6 nitrogen and oxygen atoms in total. The molecule has 1 aliphatic rings. The maximum absolute atomic E-state index is 12.9. The number of hydrogen-bond donors (Lipinski definition) is 1. The van der Waals surface area contributed by atoms with E-state index >= 15 is 0 Å². The van der Waals surface area contributed by atoms with Crippen molar-refractivity contribution < 1.29 is 22.3 Å². The van der Waals surface area contributed by atoms with Crippen molar-refractivity contribution in [3.05, 3.63) is 76.9 Å². The van der Waals surface area contributed by atoms with Gasteiger partial charge in [-0.3, -0.25) is 4.79 Å². The van der Waals surface area contributed by atoms with E-state index in [-0.39, 0.29) is 24.9 Å². The van der Waals surface area contributed by atoms with E-state index in [0.717, 1.165) is 11.1 Å². The molecule has 3 aromatic rings. The Labute approximate surface area is 178 Å². The number of halogens is 1. The monoisotopic (exact) mass is 446 g/mol. The van der Waals surface area contributed by atoms with E-state index in [2.05, 4.69) is 5.32 Å². The molecule has 1 N–H and O–H groups in total. The quantitative estimate of drug-likeness (QED) is 0.627. The van der Waals surface area contributed by atoms with Gasteiger partial charge in [0.15, 0.2) is 6.61 Å². The number of rotatable bonds is 6. The van der Waals surface area contributed by atoms with Crippen molar-refractivity contribution in [1.82, 2.24) is 4.31 Å². The number of amides is 1. The first-order chi connectivity index (χ1) is 14.4. The second-order valence-corrected chi connectivity index (χ2v) is 9.91. The number of anilines is 1. The smallest absolute Gasteiger partial charge is 0.262 e. The number of benzene rings is 2. The van der Waals surface area contributed by atoms with Gasteiger partial charge < -0.3 is 10.1 Å². The summed E-state index contributed by atoms with van der Waals surface area (Å²) in [6, 6.07) is 14.2. The van der Waals surface area contributed by atoms with Gasteiger partial charge in [-0.15, -0.1) is 11.3 Å². The topological polar surface area (TPSA) is 75.7 Å². The van der Waals surface area contributed by atoms with Crippen molar-refractivity contribution in [3.8, 4) is 5.75 Å². The highest BCUT2D eigenvalue weighted by Crippen LogP contribution is 2.28. The van der Waals surface area contributed by atoms with Gasteiger partial charge in [0.05, 0.1) is 0 Å². The fourth-order valence-corrected chi connectivity index (χ4v) is 5.79. The number of carbonyl (C=O) groups excluding carboxylic acids is 1. The highest BCUT2D eigenvalue weighted by atomic mass is 32.2. The summed E-state index contributed by atoms with van der Waals surface area (Å²) >= 11 is 1.20. The van der Waals surface area contributed by atoms with Crippen LogP contribution in [0.25, 0.3) is 0 Å². The van der Waals surface area contributed by atoms with Gasteiger partial charge in [0.2, 0.25) is 0 Å². The largest absolute Gasteiger partial charge is 0.484 e. The lowest BCUT2D eigenvalue weighted by Gasteiger charge is -2.28. The minimum Gasteiger partial charge on any atom is -0.484 e. The summed E-state index contributed by atoms with van der Waals surface area (Å²) in [5.41, 5.74) is 2.49.